The molecular formula is C62H104N18O22. The van der Waals surface area contributed by atoms with E-state index in [0.29, 0.717) is 0 Å². The van der Waals surface area contributed by atoms with Crippen LogP contribution in [0.25, 0.3) is 0 Å². The van der Waals surface area contributed by atoms with Crippen LogP contribution in [0.3, 0.4) is 0 Å². The Morgan fingerprint density at radius 2 is 0.304 bits per heavy atom. The molecule has 0 aromatic rings. The fourth-order valence-electron chi connectivity index (χ4n) is 8.08. The molecule has 0 aliphatic rings. The summed E-state index contributed by atoms with van der Waals surface area (Å²) in [5.41, 5.74) is -0.730. The molecule has 0 aliphatic carbocycles. The third-order valence-electron chi connectivity index (χ3n) is 15.3. The Balaban J connectivity index is 5.02. The first-order valence-corrected chi connectivity index (χ1v) is 31.6. The summed E-state index contributed by atoms with van der Waals surface area (Å²) in [6.45, 7) is -4.09. The van der Waals surface area contributed by atoms with E-state index in [4.69, 9.17) is 9.84 Å². The van der Waals surface area contributed by atoms with Crippen molar-refractivity contribution >= 4 is 118 Å². The molecule has 0 aromatic heterocycles. The first-order chi connectivity index (χ1) is 46.8. The normalized spacial score (nSPS) is 10.6. The summed E-state index contributed by atoms with van der Waals surface area (Å²) < 4.78 is 5.19. The van der Waals surface area contributed by atoms with E-state index in [0.717, 1.165) is 88.2 Å². The number of likely N-dealkylation sites (N-methyl/N-ethyl adjacent to an activating group) is 18. The van der Waals surface area contributed by atoms with Gasteiger partial charge in [-0.3, -0.25) is 95.9 Å². The van der Waals surface area contributed by atoms with E-state index in [1.165, 1.54) is 127 Å². The van der Waals surface area contributed by atoms with Crippen LogP contribution >= 0.6 is 0 Å². The second-order valence-electron chi connectivity index (χ2n) is 26.0. The van der Waals surface area contributed by atoms with Gasteiger partial charge in [-0.25, -0.2) is 0 Å². The van der Waals surface area contributed by atoms with Crippen molar-refractivity contribution in [1.82, 2.24) is 88.2 Å². The monoisotopic (exact) mass is 1450 g/mol. The summed E-state index contributed by atoms with van der Waals surface area (Å²) in [6, 6.07) is 0. The summed E-state index contributed by atoms with van der Waals surface area (Å²) in [6.07, 6.45) is -0.385. The predicted molar refractivity (Wildman–Crippen MR) is 360 cm³/mol. The van der Waals surface area contributed by atoms with Crippen molar-refractivity contribution in [2.75, 3.05) is 245 Å². The maximum Gasteiger partial charge on any atom is 0.323 e. The lowest BCUT2D eigenvalue weighted by Crippen LogP contribution is -2.50. The number of hydrogen-bond donors (Lipinski definition) is 1. The molecule has 0 radical (unpaired) electrons. The summed E-state index contributed by atoms with van der Waals surface area (Å²) in [5, 5.41) is 8.88. The smallest absolute Gasteiger partial charge is 0.323 e. The molecule has 0 unspecified atom stereocenters. The molecule has 40 nitrogen and oxygen atoms in total. The quantitative estimate of drug-likeness (QED) is 0.0559. The molecule has 102 heavy (non-hydrogen) atoms. The Kier molecular flexibility index (Phi) is 38.1. The topological polar surface area (TPSA) is 429 Å². The highest BCUT2D eigenvalue weighted by Gasteiger charge is 2.30. The number of carboxylic acid groups (broad SMARTS) is 1. The highest BCUT2D eigenvalue weighted by molar-refractivity contribution is 5.97. The average molecular weight is 1450 g/mol. The number of aliphatic carboxylic acids is 1. The summed E-state index contributed by atoms with van der Waals surface area (Å²) in [5.74, 6) is -13.8. The van der Waals surface area contributed by atoms with Crippen LogP contribution in [-0.2, 0) is 101 Å². The van der Waals surface area contributed by atoms with E-state index in [1.807, 2.05) is 0 Å². The maximum atomic E-state index is 13.1. The minimum Gasteiger partial charge on any atom is -0.480 e. The SMILES string of the molecule is CN(CC(=O)O)C(=O)CN(C)C(=O)CN(C)C(=O)CN(C)C(=O)CN(C)C(=O)CN(C)C(=O)CN(C)C(=O)CN(C)C(=O)CN(C)C(=O)CN(C)C(=O)CN(C)C(=O)CN(C)C(=O)CN(C)C(=O)CN(C)C(=O)CN(C)C(=O)CN(C)C(=O)CN(C)C(=O)CN(C)C(=O)CCC(=O)OC(C)(C)C. The van der Waals surface area contributed by atoms with Crippen molar-refractivity contribution in [1.29, 1.82) is 0 Å². The van der Waals surface area contributed by atoms with E-state index in [-0.39, 0.29) is 12.8 Å². The summed E-state index contributed by atoms with van der Waals surface area (Å²) in [7, 11) is 23.2. The molecular weight excluding hydrogens is 1350 g/mol. The fraction of sp³-hybridized carbons (Fsp3) is 0.677. The Hall–Kier alpha value is -10.6. The van der Waals surface area contributed by atoms with Crippen LogP contribution in [0.5, 0.6) is 0 Å². The number of amides is 18. The fourth-order valence-corrected chi connectivity index (χ4v) is 8.08. The van der Waals surface area contributed by atoms with Gasteiger partial charge in [0.05, 0.1) is 118 Å². The first kappa shape index (κ1) is 91.4. The molecule has 1 N–H and O–H groups in total. The highest BCUT2D eigenvalue weighted by Crippen LogP contribution is 2.11. The van der Waals surface area contributed by atoms with E-state index in [1.54, 1.807) is 20.8 Å². The van der Waals surface area contributed by atoms with E-state index < -0.39 is 242 Å². The minimum absolute atomic E-state index is 0.189. The number of esters is 1. The van der Waals surface area contributed by atoms with Gasteiger partial charge in [0.1, 0.15) is 12.1 Å². The van der Waals surface area contributed by atoms with Gasteiger partial charge in [-0.15, -0.1) is 0 Å². The Labute approximate surface area is 594 Å². The number of carboxylic acids is 1. The third kappa shape index (κ3) is 34.0. The Bertz CT molecular complexity index is 3120. The molecule has 0 bridgehead atoms. The van der Waals surface area contributed by atoms with Gasteiger partial charge in [-0.2, -0.15) is 0 Å². The number of rotatable bonds is 39. The predicted octanol–water partition coefficient (Wildman–Crippen LogP) is -8.56. The van der Waals surface area contributed by atoms with Gasteiger partial charge in [0.15, 0.2) is 0 Å². The molecule has 0 saturated carbocycles. The number of carbonyl (C=O) groups is 20. The minimum atomic E-state index is -1.25. The van der Waals surface area contributed by atoms with Gasteiger partial charge < -0.3 is 98.0 Å². The van der Waals surface area contributed by atoms with Crippen LogP contribution in [0, 0.1) is 0 Å². The van der Waals surface area contributed by atoms with Crippen LogP contribution in [-0.4, -0.2) is 462 Å². The number of carbonyl (C=O) groups excluding carboxylic acids is 19. The third-order valence-corrected chi connectivity index (χ3v) is 15.3. The molecule has 0 aliphatic heterocycles. The lowest BCUT2D eigenvalue weighted by molar-refractivity contribution is -0.156. The molecule has 0 rings (SSSR count). The van der Waals surface area contributed by atoms with Crippen molar-refractivity contribution < 1.29 is 106 Å². The van der Waals surface area contributed by atoms with E-state index in [2.05, 4.69) is 0 Å². The lowest BCUT2D eigenvalue weighted by Gasteiger charge is -2.28. The van der Waals surface area contributed by atoms with Crippen LogP contribution < -0.4 is 0 Å². The second kappa shape index (κ2) is 42.5. The zero-order chi connectivity index (χ0) is 79.3. The molecule has 0 heterocycles. The largest absolute Gasteiger partial charge is 0.480 e. The highest BCUT2D eigenvalue weighted by atomic mass is 16.6. The Morgan fingerprint density at radius 1 is 0.196 bits per heavy atom. The molecule has 574 valence electrons. The van der Waals surface area contributed by atoms with Gasteiger partial charge in [-0.1, -0.05) is 0 Å². The van der Waals surface area contributed by atoms with Crippen LogP contribution in [0.2, 0.25) is 0 Å². The molecule has 0 fully saturated rings. The van der Waals surface area contributed by atoms with Gasteiger partial charge in [-0.05, 0) is 20.8 Å². The Morgan fingerprint density at radius 3 is 0.412 bits per heavy atom. The average Bonchev–Trinajstić information content (AvgIpc) is 0.896. The van der Waals surface area contributed by atoms with Crippen LogP contribution in [0.1, 0.15) is 33.6 Å². The molecule has 40 heteroatoms. The van der Waals surface area contributed by atoms with E-state index >= 15 is 0 Å². The zero-order valence-corrected chi connectivity index (χ0v) is 62.7. The lowest BCUT2D eigenvalue weighted by atomic mass is 10.2. The van der Waals surface area contributed by atoms with E-state index in [9.17, 15) is 95.9 Å². The second-order valence-corrected chi connectivity index (χ2v) is 26.0. The molecule has 0 atom stereocenters. The molecule has 18 amide bonds. The number of hydrogen-bond acceptors (Lipinski definition) is 21. The summed E-state index contributed by atoms with van der Waals surface area (Å²) >= 11 is 0. The van der Waals surface area contributed by atoms with Gasteiger partial charge >= 0.3 is 11.9 Å². The molecule has 0 saturated heterocycles. The van der Waals surface area contributed by atoms with Crippen LogP contribution in [0.15, 0.2) is 0 Å². The van der Waals surface area contributed by atoms with Crippen molar-refractivity contribution in [2.45, 2.75) is 39.2 Å². The maximum absolute atomic E-state index is 13.1. The molecule has 0 spiro atoms. The number of nitrogens with zero attached hydrogens (tertiary/aromatic N) is 18. The van der Waals surface area contributed by atoms with Crippen molar-refractivity contribution in [3.05, 3.63) is 0 Å². The van der Waals surface area contributed by atoms with Gasteiger partial charge in [0, 0.05) is 133 Å². The van der Waals surface area contributed by atoms with Crippen LogP contribution in [0.4, 0.5) is 0 Å². The van der Waals surface area contributed by atoms with Crippen molar-refractivity contribution in [3.8, 4) is 0 Å². The summed E-state index contributed by atoms with van der Waals surface area (Å²) in [4.78, 5) is 274. The van der Waals surface area contributed by atoms with Crippen molar-refractivity contribution in [3.63, 3.8) is 0 Å². The molecule has 0 aromatic carbocycles. The van der Waals surface area contributed by atoms with Gasteiger partial charge in [0.2, 0.25) is 106 Å². The zero-order valence-electron chi connectivity index (χ0n) is 62.7. The van der Waals surface area contributed by atoms with Crippen molar-refractivity contribution in [2.24, 2.45) is 0 Å². The standard InChI is InChI=1S/C62H104N18O22/c1-62(2,3)102-61(101)23-22-42(81)63(4)24-43(82)64(5)25-44(83)65(6)26-45(84)66(7)27-46(85)67(8)28-47(86)68(9)29-48(87)69(10)30-49(88)70(11)31-50(89)71(12)32-51(90)72(13)33-52(91)73(14)34-53(92)74(15)35-54(93)75(16)36-55(94)76(17)37-56(95)77(18)38-57(96)78(19)39-58(97)79(20)40-59(98)80(21)41-60(99)100/h22-41H2,1-21H3,(H,99,100). The van der Waals surface area contributed by atoms with Gasteiger partial charge in [0.25, 0.3) is 0 Å². The number of ether oxygens (including phenoxy) is 1. The first-order valence-electron chi connectivity index (χ1n) is 31.6.